The Morgan fingerprint density at radius 3 is 2.57 bits per heavy atom. The van der Waals surface area contributed by atoms with Gasteiger partial charge in [0.05, 0.1) is 13.2 Å². The number of thiophene rings is 1. The van der Waals surface area contributed by atoms with Crippen LogP contribution in [0.3, 0.4) is 0 Å². The fourth-order valence-corrected chi connectivity index (χ4v) is 5.43. The topological polar surface area (TPSA) is 71.1 Å². The van der Waals surface area contributed by atoms with Crippen LogP contribution in [0.2, 0.25) is 0 Å². The normalized spacial score (nSPS) is 15.5. The molecule has 196 valence electrons. The summed E-state index contributed by atoms with van der Waals surface area (Å²) in [5.41, 5.74) is 2.94. The Morgan fingerprint density at radius 1 is 1.14 bits per heavy atom. The van der Waals surface area contributed by atoms with Crippen LogP contribution in [0.4, 0.5) is 10.5 Å². The molecule has 37 heavy (non-hydrogen) atoms. The van der Waals surface area contributed by atoms with Gasteiger partial charge in [-0.25, -0.2) is 4.79 Å². The number of fused-ring (bicyclic) bond motifs is 1. The molecule has 0 spiro atoms. The number of aryl methyl sites for hydroxylation is 1. The molecule has 1 aliphatic rings. The summed E-state index contributed by atoms with van der Waals surface area (Å²) in [6.45, 7) is 6.87. The van der Waals surface area contributed by atoms with Gasteiger partial charge in [-0.15, -0.1) is 11.3 Å². The highest BCUT2D eigenvalue weighted by Gasteiger charge is 2.34. The average Bonchev–Trinajstić information content (AvgIpc) is 3.40. The number of urea groups is 1. The summed E-state index contributed by atoms with van der Waals surface area (Å²) < 4.78 is 11.6. The molecule has 1 aromatic heterocycles. The molecular weight excluding hydrogens is 486 g/mol. The SMILES string of the molecule is CC[C@@H](C)N(CC(=O)N1CCc2sccc2[C@H]1COc1ccccc1OC)C(=O)Nc1ccc(C)cc1. The first kappa shape index (κ1) is 26.5. The molecule has 0 aliphatic carbocycles. The zero-order valence-corrected chi connectivity index (χ0v) is 22.7. The van der Waals surface area contributed by atoms with Gasteiger partial charge in [-0.05, 0) is 68.0 Å². The van der Waals surface area contributed by atoms with Crippen molar-refractivity contribution in [1.29, 1.82) is 0 Å². The predicted octanol–water partition coefficient (Wildman–Crippen LogP) is 5.90. The van der Waals surface area contributed by atoms with E-state index in [1.807, 2.05) is 74.2 Å². The van der Waals surface area contributed by atoms with Crippen molar-refractivity contribution >= 4 is 29.0 Å². The Morgan fingerprint density at radius 2 is 1.86 bits per heavy atom. The number of hydrogen-bond acceptors (Lipinski definition) is 5. The minimum absolute atomic E-state index is 0.00265. The maximum Gasteiger partial charge on any atom is 0.322 e. The number of benzene rings is 2. The lowest BCUT2D eigenvalue weighted by Crippen LogP contribution is -2.50. The maximum atomic E-state index is 13.7. The number of anilines is 1. The smallest absolute Gasteiger partial charge is 0.322 e. The summed E-state index contributed by atoms with van der Waals surface area (Å²) in [7, 11) is 1.61. The Balaban J connectivity index is 1.51. The van der Waals surface area contributed by atoms with Gasteiger partial charge in [-0.1, -0.05) is 36.8 Å². The van der Waals surface area contributed by atoms with Crippen molar-refractivity contribution in [3.63, 3.8) is 0 Å². The van der Waals surface area contributed by atoms with Gasteiger partial charge in [0.25, 0.3) is 0 Å². The Bertz CT molecular complexity index is 1210. The fourth-order valence-electron chi connectivity index (χ4n) is 4.50. The highest BCUT2D eigenvalue weighted by molar-refractivity contribution is 7.10. The molecule has 8 heteroatoms. The second-order valence-corrected chi connectivity index (χ2v) is 10.3. The lowest BCUT2D eigenvalue weighted by molar-refractivity contribution is -0.135. The molecule has 2 heterocycles. The third-order valence-electron chi connectivity index (χ3n) is 6.87. The molecule has 0 bridgehead atoms. The number of carbonyl (C=O) groups is 2. The molecule has 0 radical (unpaired) electrons. The summed E-state index contributed by atoms with van der Waals surface area (Å²) in [4.78, 5) is 31.7. The Labute approximate surface area is 223 Å². The summed E-state index contributed by atoms with van der Waals surface area (Å²) in [6.07, 6.45) is 1.53. The van der Waals surface area contributed by atoms with Gasteiger partial charge in [-0.3, -0.25) is 4.79 Å². The third-order valence-corrected chi connectivity index (χ3v) is 7.87. The summed E-state index contributed by atoms with van der Waals surface area (Å²) in [5.74, 6) is 1.20. The van der Waals surface area contributed by atoms with Crippen molar-refractivity contribution < 1.29 is 19.1 Å². The zero-order valence-electron chi connectivity index (χ0n) is 21.9. The van der Waals surface area contributed by atoms with Gasteiger partial charge in [0, 0.05) is 23.2 Å². The first-order chi connectivity index (χ1) is 17.9. The van der Waals surface area contributed by atoms with Crippen molar-refractivity contribution in [2.75, 3.05) is 32.1 Å². The second-order valence-electron chi connectivity index (χ2n) is 9.30. The van der Waals surface area contributed by atoms with Crippen LogP contribution in [0.25, 0.3) is 0 Å². The van der Waals surface area contributed by atoms with Crippen LogP contribution in [0.1, 0.15) is 42.3 Å². The quantitative estimate of drug-likeness (QED) is 0.380. The molecular formula is C29H35N3O4S. The van der Waals surface area contributed by atoms with Crippen LogP contribution in [0.15, 0.2) is 60.0 Å². The fraction of sp³-hybridized carbons (Fsp3) is 0.379. The second kappa shape index (κ2) is 12.1. The average molecular weight is 522 g/mol. The number of ether oxygens (including phenoxy) is 2. The van der Waals surface area contributed by atoms with Crippen molar-refractivity contribution in [1.82, 2.24) is 9.80 Å². The van der Waals surface area contributed by atoms with Crippen LogP contribution in [-0.2, 0) is 11.2 Å². The largest absolute Gasteiger partial charge is 0.493 e. The summed E-state index contributed by atoms with van der Waals surface area (Å²) >= 11 is 1.71. The molecule has 0 saturated carbocycles. The van der Waals surface area contributed by atoms with Crippen LogP contribution in [0.5, 0.6) is 11.5 Å². The van der Waals surface area contributed by atoms with E-state index in [0.717, 1.165) is 24.0 Å². The van der Waals surface area contributed by atoms with E-state index in [0.29, 0.717) is 30.3 Å². The molecule has 1 aliphatic heterocycles. The highest BCUT2D eigenvalue weighted by Crippen LogP contribution is 2.35. The number of amides is 3. The van der Waals surface area contributed by atoms with E-state index >= 15 is 0 Å². The highest BCUT2D eigenvalue weighted by atomic mass is 32.1. The van der Waals surface area contributed by atoms with E-state index in [4.69, 9.17) is 9.47 Å². The van der Waals surface area contributed by atoms with Crippen LogP contribution in [0, 0.1) is 6.92 Å². The van der Waals surface area contributed by atoms with Crippen molar-refractivity contribution in [3.8, 4) is 11.5 Å². The van der Waals surface area contributed by atoms with Crippen LogP contribution in [-0.4, -0.2) is 54.6 Å². The molecule has 1 N–H and O–H groups in total. The van der Waals surface area contributed by atoms with Gasteiger partial charge < -0.3 is 24.6 Å². The van der Waals surface area contributed by atoms with E-state index in [-0.39, 0.29) is 30.6 Å². The Kier molecular flexibility index (Phi) is 8.71. The first-order valence-electron chi connectivity index (χ1n) is 12.7. The maximum absolute atomic E-state index is 13.7. The third kappa shape index (κ3) is 6.25. The van der Waals surface area contributed by atoms with Crippen LogP contribution < -0.4 is 14.8 Å². The zero-order chi connectivity index (χ0) is 26.4. The number of methoxy groups -OCH3 is 1. The van der Waals surface area contributed by atoms with Crippen LogP contribution >= 0.6 is 11.3 Å². The van der Waals surface area contributed by atoms with E-state index in [9.17, 15) is 9.59 Å². The van der Waals surface area contributed by atoms with E-state index in [1.165, 1.54) is 4.88 Å². The predicted molar refractivity (Wildman–Crippen MR) is 148 cm³/mol. The lowest BCUT2D eigenvalue weighted by Gasteiger charge is -2.38. The molecule has 0 fully saturated rings. The van der Waals surface area contributed by atoms with Gasteiger partial charge in [0.15, 0.2) is 11.5 Å². The van der Waals surface area contributed by atoms with Crippen molar-refractivity contribution in [2.24, 2.45) is 0 Å². The number of rotatable bonds is 9. The van der Waals surface area contributed by atoms with E-state index in [1.54, 1.807) is 23.3 Å². The monoisotopic (exact) mass is 521 g/mol. The number of para-hydroxylation sites is 2. The molecule has 2 aromatic carbocycles. The molecule has 0 saturated heterocycles. The number of nitrogens with one attached hydrogen (secondary N) is 1. The molecule has 2 atom stereocenters. The first-order valence-corrected chi connectivity index (χ1v) is 13.5. The van der Waals surface area contributed by atoms with Crippen molar-refractivity contribution in [3.05, 3.63) is 76.0 Å². The Hall–Kier alpha value is -3.52. The minimum Gasteiger partial charge on any atom is -0.493 e. The molecule has 7 nitrogen and oxygen atoms in total. The summed E-state index contributed by atoms with van der Waals surface area (Å²) in [5, 5.41) is 5.02. The number of hydrogen-bond donors (Lipinski definition) is 1. The van der Waals surface area contributed by atoms with Gasteiger partial charge in [0.1, 0.15) is 13.2 Å². The number of carbonyl (C=O) groups excluding carboxylic acids is 2. The molecule has 3 amide bonds. The van der Waals surface area contributed by atoms with Gasteiger partial charge in [-0.2, -0.15) is 0 Å². The van der Waals surface area contributed by atoms with E-state index in [2.05, 4.69) is 16.8 Å². The van der Waals surface area contributed by atoms with Gasteiger partial charge in [0.2, 0.25) is 5.91 Å². The standard InChI is InChI=1S/C29H35N3O4S/c1-5-21(3)32(29(34)30-22-12-10-20(2)11-13-22)18-28(33)31-16-14-27-23(15-17-37-27)24(31)19-36-26-9-7-6-8-25(26)35-4/h6-13,15,17,21,24H,5,14,16,18-19H2,1-4H3,(H,30,34)/t21-,24-/m1/s1. The minimum atomic E-state index is -0.276. The van der Waals surface area contributed by atoms with Crippen molar-refractivity contribution in [2.45, 2.75) is 45.7 Å². The summed E-state index contributed by atoms with van der Waals surface area (Å²) in [6, 6.07) is 16.6. The molecule has 3 aromatic rings. The lowest BCUT2D eigenvalue weighted by atomic mass is 10.00. The number of nitrogens with zero attached hydrogens (tertiary/aromatic N) is 2. The molecule has 4 rings (SSSR count). The molecule has 0 unspecified atom stereocenters. The van der Waals surface area contributed by atoms with E-state index < -0.39 is 0 Å². The van der Waals surface area contributed by atoms with Gasteiger partial charge >= 0.3 is 6.03 Å².